The number of hydrogen-bond donors (Lipinski definition) is 2. The number of benzene rings is 1. The van der Waals surface area contributed by atoms with E-state index in [-0.39, 0.29) is 23.9 Å². The van der Waals surface area contributed by atoms with Gasteiger partial charge in [-0.05, 0) is 43.0 Å². The molecule has 26 heavy (non-hydrogen) atoms. The highest BCUT2D eigenvalue weighted by Gasteiger charge is 2.15. The second kappa shape index (κ2) is 10.5. The summed E-state index contributed by atoms with van der Waals surface area (Å²) in [6.45, 7) is 0.459. The van der Waals surface area contributed by atoms with Crippen LogP contribution in [-0.4, -0.2) is 34.5 Å². The number of carbonyl (C=O) groups is 1. The first-order valence-electron chi connectivity index (χ1n) is 9.41. The number of amides is 1. The molecule has 0 heterocycles. The molecular weight excluding hydrogens is 352 g/mol. The van der Waals surface area contributed by atoms with Gasteiger partial charge >= 0.3 is 0 Å². The Bertz CT molecular complexity index is 653. The summed E-state index contributed by atoms with van der Waals surface area (Å²) in [5.41, 5.74) is 0. The van der Waals surface area contributed by atoms with Gasteiger partial charge in [0.25, 0.3) is 0 Å². The number of carbonyl (C=O) groups excluding carboxylic acids is 1. The van der Waals surface area contributed by atoms with E-state index in [9.17, 15) is 13.2 Å². The molecule has 1 amide bonds. The van der Waals surface area contributed by atoms with Crippen LogP contribution in [0.4, 0.5) is 0 Å². The largest absolute Gasteiger partial charge is 0.497 e. The van der Waals surface area contributed by atoms with Crippen LogP contribution >= 0.6 is 0 Å². The van der Waals surface area contributed by atoms with Gasteiger partial charge in [0.2, 0.25) is 15.9 Å². The van der Waals surface area contributed by atoms with Crippen molar-refractivity contribution in [1.29, 1.82) is 0 Å². The van der Waals surface area contributed by atoms with E-state index >= 15 is 0 Å². The zero-order valence-corrected chi connectivity index (χ0v) is 16.3. The molecule has 6 nitrogen and oxygen atoms in total. The summed E-state index contributed by atoms with van der Waals surface area (Å²) in [5.74, 6) is 1.38. The Hall–Kier alpha value is -1.60. The molecule has 0 unspecified atom stereocenters. The molecule has 2 N–H and O–H groups in total. The minimum Gasteiger partial charge on any atom is -0.497 e. The normalized spacial score (nSPS) is 15.6. The molecule has 0 atom stereocenters. The highest BCUT2D eigenvalue weighted by molar-refractivity contribution is 7.89. The number of hydrogen-bond acceptors (Lipinski definition) is 4. The fourth-order valence-electron chi connectivity index (χ4n) is 3.34. The number of rotatable bonds is 10. The maximum absolute atomic E-state index is 12.2. The lowest BCUT2D eigenvalue weighted by atomic mass is 9.86. The molecule has 1 saturated carbocycles. The third kappa shape index (κ3) is 6.96. The minimum atomic E-state index is -3.57. The van der Waals surface area contributed by atoms with Gasteiger partial charge in [-0.2, -0.15) is 0 Å². The van der Waals surface area contributed by atoms with E-state index in [0.717, 1.165) is 18.8 Å². The fraction of sp³-hybridized carbons (Fsp3) is 0.632. The Morgan fingerprint density at radius 1 is 1.12 bits per heavy atom. The van der Waals surface area contributed by atoms with Crippen molar-refractivity contribution in [2.75, 3.05) is 20.2 Å². The van der Waals surface area contributed by atoms with Crippen molar-refractivity contribution in [3.63, 3.8) is 0 Å². The van der Waals surface area contributed by atoms with Gasteiger partial charge in [-0.15, -0.1) is 0 Å². The van der Waals surface area contributed by atoms with E-state index in [2.05, 4.69) is 10.0 Å². The number of sulfonamides is 1. The van der Waals surface area contributed by atoms with E-state index in [1.165, 1.54) is 51.3 Å². The first kappa shape index (κ1) is 20.7. The molecular formula is C19H30N2O4S. The Morgan fingerprint density at radius 3 is 2.46 bits per heavy atom. The zero-order valence-electron chi connectivity index (χ0n) is 15.5. The zero-order chi connectivity index (χ0) is 18.8. The van der Waals surface area contributed by atoms with E-state index < -0.39 is 10.0 Å². The van der Waals surface area contributed by atoms with Crippen LogP contribution in [0.25, 0.3) is 0 Å². The third-order valence-electron chi connectivity index (χ3n) is 4.85. The molecule has 1 aliphatic carbocycles. The molecule has 0 radical (unpaired) electrons. The molecule has 0 saturated heterocycles. The summed E-state index contributed by atoms with van der Waals surface area (Å²) in [5, 5.41) is 2.78. The Labute approximate surface area is 156 Å². The molecule has 0 aromatic heterocycles. The van der Waals surface area contributed by atoms with Crippen LogP contribution in [0.1, 0.15) is 51.4 Å². The summed E-state index contributed by atoms with van der Waals surface area (Å²) >= 11 is 0. The smallest absolute Gasteiger partial charge is 0.240 e. The predicted octanol–water partition coefficient (Wildman–Crippen LogP) is 2.84. The van der Waals surface area contributed by atoms with Crippen molar-refractivity contribution < 1.29 is 17.9 Å². The van der Waals surface area contributed by atoms with Crippen molar-refractivity contribution in [2.24, 2.45) is 5.92 Å². The fourth-order valence-corrected chi connectivity index (χ4v) is 4.37. The molecule has 146 valence electrons. The van der Waals surface area contributed by atoms with E-state index in [4.69, 9.17) is 4.74 Å². The monoisotopic (exact) mass is 382 g/mol. The van der Waals surface area contributed by atoms with Crippen molar-refractivity contribution >= 4 is 15.9 Å². The summed E-state index contributed by atoms with van der Waals surface area (Å²) in [6, 6.07) is 6.18. The standard InChI is InChI=1S/C19H30N2O4S/c1-25-17-10-12-18(13-11-17)26(23,24)21-15-14-20-19(22)9-5-8-16-6-3-2-4-7-16/h10-13,16,21H,2-9,14-15H2,1H3,(H,20,22). The maximum atomic E-state index is 12.2. The Morgan fingerprint density at radius 2 is 1.81 bits per heavy atom. The SMILES string of the molecule is COc1ccc(S(=O)(=O)NCCNC(=O)CCCC2CCCCC2)cc1. The van der Waals surface area contributed by atoms with E-state index in [1.807, 2.05) is 0 Å². The lowest BCUT2D eigenvalue weighted by Crippen LogP contribution is -2.34. The molecule has 0 aliphatic heterocycles. The van der Waals surface area contributed by atoms with E-state index in [1.54, 1.807) is 12.1 Å². The average Bonchev–Trinajstić information content (AvgIpc) is 2.66. The molecule has 1 aromatic carbocycles. The van der Waals surface area contributed by atoms with Gasteiger partial charge in [0.1, 0.15) is 5.75 Å². The lowest BCUT2D eigenvalue weighted by Gasteiger charge is -2.21. The van der Waals surface area contributed by atoms with Crippen LogP contribution < -0.4 is 14.8 Å². The molecule has 0 bridgehead atoms. The molecule has 1 aromatic rings. The van der Waals surface area contributed by atoms with Crippen LogP contribution in [0.5, 0.6) is 5.75 Å². The summed E-state index contributed by atoms with van der Waals surface area (Å²) in [4.78, 5) is 12.0. The number of ether oxygens (including phenoxy) is 1. The van der Waals surface area contributed by atoms with Gasteiger partial charge in [0.15, 0.2) is 0 Å². The first-order chi connectivity index (χ1) is 12.5. The first-order valence-corrected chi connectivity index (χ1v) is 10.9. The topological polar surface area (TPSA) is 84.5 Å². The van der Waals surface area contributed by atoms with Gasteiger partial charge < -0.3 is 10.1 Å². The van der Waals surface area contributed by atoms with Crippen LogP contribution in [0.3, 0.4) is 0 Å². The molecule has 1 fully saturated rings. The summed E-state index contributed by atoms with van der Waals surface area (Å²) < 4.78 is 31.8. The van der Waals surface area contributed by atoms with Gasteiger partial charge in [-0.1, -0.05) is 32.1 Å². The second-order valence-electron chi connectivity index (χ2n) is 6.82. The molecule has 0 spiro atoms. The van der Waals surface area contributed by atoms with Gasteiger partial charge in [-0.3, -0.25) is 4.79 Å². The quantitative estimate of drug-likeness (QED) is 0.610. The van der Waals surface area contributed by atoms with Gasteiger partial charge in [0.05, 0.1) is 12.0 Å². The number of methoxy groups -OCH3 is 1. The van der Waals surface area contributed by atoms with Crippen molar-refractivity contribution in [2.45, 2.75) is 56.3 Å². The highest BCUT2D eigenvalue weighted by Crippen LogP contribution is 2.27. The highest BCUT2D eigenvalue weighted by atomic mass is 32.2. The Kier molecular flexibility index (Phi) is 8.38. The second-order valence-corrected chi connectivity index (χ2v) is 8.59. The van der Waals surface area contributed by atoms with Crippen LogP contribution in [0.15, 0.2) is 29.2 Å². The average molecular weight is 383 g/mol. The van der Waals surface area contributed by atoms with Crippen LogP contribution in [0.2, 0.25) is 0 Å². The van der Waals surface area contributed by atoms with Gasteiger partial charge in [-0.25, -0.2) is 13.1 Å². The predicted molar refractivity (Wildman–Crippen MR) is 102 cm³/mol. The number of nitrogens with one attached hydrogen (secondary N) is 2. The van der Waals surface area contributed by atoms with Crippen molar-refractivity contribution in [1.82, 2.24) is 10.0 Å². The molecule has 2 rings (SSSR count). The third-order valence-corrected chi connectivity index (χ3v) is 6.33. The molecule has 7 heteroatoms. The summed E-state index contributed by atoms with van der Waals surface area (Å²) in [7, 11) is -2.04. The van der Waals surface area contributed by atoms with Gasteiger partial charge in [0, 0.05) is 19.5 Å². The maximum Gasteiger partial charge on any atom is 0.240 e. The van der Waals surface area contributed by atoms with Crippen molar-refractivity contribution in [3.8, 4) is 5.75 Å². The Balaban J connectivity index is 1.61. The molecule has 1 aliphatic rings. The van der Waals surface area contributed by atoms with Crippen LogP contribution in [-0.2, 0) is 14.8 Å². The van der Waals surface area contributed by atoms with Crippen LogP contribution in [0, 0.1) is 5.92 Å². The summed E-state index contributed by atoms with van der Waals surface area (Å²) in [6.07, 6.45) is 9.15. The minimum absolute atomic E-state index is 0.00976. The van der Waals surface area contributed by atoms with Crippen molar-refractivity contribution in [3.05, 3.63) is 24.3 Å². The van der Waals surface area contributed by atoms with E-state index in [0.29, 0.717) is 12.2 Å². The lowest BCUT2D eigenvalue weighted by molar-refractivity contribution is -0.121.